The van der Waals surface area contributed by atoms with E-state index in [0.717, 1.165) is 27.6 Å². The van der Waals surface area contributed by atoms with Crippen LogP contribution in [0.15, 0.2) is 71.9 Å². The summed E-state index contributed by atoms with van der Waals surface area (Å²) >= 11 is 0. The minimum absolute atomic E-state index is 0.0104. The molecule has 1 amide bonds. The molecule has 0 aliphatic heterocycles. The van der Waals surface area contributed by atoms with Gasteiger partial charge >= 0.3 is 0 Å². The van der Waals surface area contributed by atoms with Gasteiger partial charge in [-0.1, -0.05) is 35.9 Å². The summed E-state index contributed by atoms with van der Waals surface area (Å²) in [6.07, 6.45) is 2.75. The Morgan fingerprint density at radius 3 is 2.29 bits per heavy atom. The molecule has 0 fully saturated rings. The molecule has 4 rings (SSSR count). The second kappa shape index (κ2) is 8.00. The maximum Gasteiger partial charge on any atom is 0.281 e. The van der Waals surface area contributed by atoms with Crippen LogP contribution in [0.3, 0.4) is 0 Å². The maximum absolute atomic E-state index is 13.1. The Kier molecular flexibility index (Phi) is 5.37. The predicted molar refractivity (Wildman–Crippen MR) is 121 cm³/mol. The van der Waals surface area contributed by atoms with Crippen molar-refractivity contribution in [3.05, 3.63) is 94.9 Å². The van der Waals surface area contributed by atoms with Gasteiger partial charge in [-0.2, -0.15) is 0 Å². The van der Waals surface area contributed by atoms with Gasteiger partial charge in [0.1, 0.15) is 5.69 Å². The lowest BCUT2D eigenvalue weighted by Gasteiger charge is -2.16. The van der Waals surface area contributed by atoms with Crippen molar-refractivity contribution >= 4 is 26.8 Å². The van der Waals surface area contributed by atoms with Gasteiger partial charge in [-0.25, -0.2) is 13.1 Å². The first kappa shape index (κ1) is 20.8. The van der Waals surface area contributed by atoms with Crippen LogP contribution in [0.5, 0.6) is 0 Å². The van der Waals surface area contributed by atoms with Crippen LogP contribution >= 0.6 is 0 Å². The van der Waals surface area contributed by atoms with E-state index < -0.39 is 15.9 Å². The lowest BCUT2D eigenvalue weighted by molar-refractivity contribution is 0.0973. The summed E-state index contributed by atoms with van der Waals surface area (Å²) in [5.74, 6) is -0.671. The molecule has 2 heterocycles. The van der Waals surface area contributed by atoms with Crippen LogP contribution in [0.4, 0.5) is 0 Å². The molecule has 2 aromatic heterocycles. The second-order valence-corrected chi connectivity index (χ2v) is 9.35. The van der Waals surface area contributed by atoms with E-state index in [2.05, 4.69) is 42.6 Å². The highest BCUT2D eigenvalue weighted by Crippen LogP contribution is 2.25. The molecule has 0 aliphatic carbocycles. The first-order valence-corrected chi connectivity index (χ1v) is 11.4. The highest BCUT2D eigenvalue weighted by atomic mass is 32.2. The van der Waals surface area contributed by atoms with Crippen LogP contribution in [0.25, 0.3) is 10.9 Å². The molecule has 0 spiro atoms. The van der Waals surface area contributed by atoms with Crippen molar-refractivity contribution in [1.82, 2.24) is 14.3 Å². The van der Waals surface area contributed by atoms with Gasteiger partial charge in [-0.05, 0) is 61.7 Å². The molecule has 1 N–H and O–H groups in total. The second-order valence-electron chi connectivity index (χ2n) is 7.67. The molecule has 6 nitrogen and oxygen atoms in total. The molecular formula is C24H23N3O3S. The quantitative estimate of drug-likeness (QED) is 0.513. The summed E-state index contributed by atoms with van der Waals surface area (Å²) in [6.45, 7) is 6.62. The fourth-order valence-corrected chi connectivity index (χ4v) is 4.88. The highest BCUT2D eigenvalue weighted by molar-refractivity contribution is 7.90. The van der Waals surface area contributed by atoms with Gasteiger partial charge < -0.3 is 4.57 Å². The molecular weight excluding hydrogens is 410 g/mol. The molecule has 0 saturated carbocycles. The maximum atomic E-state index is 13.1. The van der Waals surface area contributed by atoms with Crippen LogP contribution in [0, 0.1) is 20.8 Å². The number of para-hydroxylation sites is 1. The Labute approximate surface area is 181 Å². The van der Waals surface area contributed by atoms with Crippen molar-refractivity contribution in [2.45, 2.75) is 32.2 Å². The van der Waals surface area contributed by atoms with Crippen molar-refractivity contribution in [3.8, 4) is 0 Å². The van der Waals surface area contributed by atoms with Crippen LogP contribution in [-0.4, -0.2) is 23.9 Å². The van der Waals surface area contributed by atoms with E-state index in [1.807, 2.05) is 28.8 Å². The van der Waals surface area contributed by atoms with Crippen molar-refractivity contribution in [2.75, 3.05) is 0 Å². The van der Waals surface area contributed by atoms with Crippen LogP contribution in [0.2, 0.25) is 0 Å². The van der Waals surface area contributed by atoms with Crippen molar-refractivity contribution in [2.24, 2.45) is 0 Å². The fourth-order valence-electron chi connectivity index (χ4n) is 3.94. The number of hydrogen-bond donors (Lipinski definition) is 1. The van der Waals surface area contributed by atoms with E-state index in [9.17, 15) is 13.2 Å². The molecule has 158 valence electrons. The van der Waals surface area contributed by atoms with Crippen molar-refractivity contribution in [3.63, 3.8) is 0 Å². The Balaban J connectivity index is 1.78. The van der Waals surface area contributed by atoms with E-state index in [4.69, 9.17) is 0 Å². The first-order valence-electron chi connectivity index (χ1n) is 9.88. The number of sulfonamides is 1. The van der Waals surface area contributed by atoms with E-state index >= 15 is 0 Å². The number of rotatable bonds is 5. The zero-order chi connectivity index (χ0) is 22.2. The number of nitrogens with one attached hydrogen (secondary N) is 1. The molecule has 31 heavy (non-hydrogen) atoms. The number of fused-ring (bicyclic) bond motifs is 1. The number of carbonyl (C=O) groups is 1. The summed E-state index contributed by atoms with van der Waals surface area (Å²) in [4.78, 5) is 16.9. The minimum Gasteiger partial charge on any atom is -0.332 e. The number of amides is 1. The molecule has 0 saturated heterocycles. The summed E-state index contributed by atoms with van der Waals surface area (Å²) < 4.78 is 29.4. The molecule has 0 atom stereocenters. The van der Waals surface area contributed by atoms with Gasteiger partial charge in [0, 0.05) is 29.8 Å². The Morgan fingerprint density at radius 1 is 0.968 bits per heavy atom. The van der Waals surface area contributed by atoms with Gasteiger partial charge in [0.05, 0.1) is 4.90 Å². The molecule has 0 aliphatic rings. The molecule has 2 aromatic carbocycles. The molecule has 7 heteroatoms. The Bertz CT molecular complexity index is 1370. The van der Waals surface area contributed by atoms with Crippen LogP contribution in [0.1, 0.15) is 32.7 Å². The molecule has 4 aromatic rings. The predicted octanol–water partition coefficient (Wildman–Crippen LogP) is 4.13. The standard InChI is InChI=1S/C24H23N3O3S/c1-16-12-17(2)21(18(3)13-16)15-27-22-7-5-4-6-19(22)14-23(27)24(28)26-31(29,30)20-8-10-25-11-9-20/h4-14H,15H2,1-3H3,(H,26,28). The topological polar surface area (TPSA) is 81.1 Å². The van der Waals surface area contributed by atoms with E-state index in [1.54, 1.807) is 6.07 Å². The van der Waals surface area contributed by atoms with Gasteiger partial charge in [-0.3, -0.25) is 9.78 Å². The van der Waals surface area contributed by atoms with Gasteiger partial charge in [0.2, 0.25) is 0 Å². The van der Waals surface area contributed by atoms with E-state index in [1.165, 1.54) is 30.1 Å². The smallest absolute Gasteiger partial charge is 0.281 e. The molecule has 0 bridgehead atoms. The zero-order valence-electron chi connectivity index (χ0n) is 17.6. The largest absolute Gasteiger partial charge is 0.332 e. The van der Waals surface area contributed by atoms with Crippen LogP contribution < -0.4 is 4.72 Å². The highest BCUT2D eigenvalue weighted by Gasteiger charge is 2.23. The summed E-state index contributed by atoms with van der Waals surface area (Å²) in [7, 11) is -4.01. The number of nitrogens with zero attached hydrogens (tertiary/aromatic N) is 2. The third kappa shape index (κ3) is 4.09. The third-order valence-electron chi connectivity index (χ3n) is 5.39. The lowest BCUT2D eigenvalue weighted by atomic mass is 9.99. The van der Waals surface area contributed by atoms with Gasteiger partial charge in [0.25, 0.3) is 15.9 Å². The Morgan fingerprint density at radius 2 is 1.61 bits per heavy atom. The normalized spacial score (nSPS) is 11.6. The Hall–Kier alpha value is -3.45. The monoisotopic (exact) mass is 433 g/mol. The molecule has 0 unspecified atom stereocenters. The number of aromatic nitrogens is 2. The zero-order valence-corrected chi connectivity index (χ0v) is 18.4. The number of hydrogen-bond acceptors (Lipinski definition) is 4. The average molecular weight is 434 g/mol. The number of benzene rings is 2. The van der Waals surface area contributed by atoms with Gasteiger partial charge in [0.15, 0.2) is 0 Å². The summed E-state index contributed by atoms with van der Waals surface area (Å²) in [5.41, 5.74) is 5.71. The number of carbonyl (C=O) groups excluding carboxylic acids is 1. The van der Waals surface area contributed by atoms with Crippen LogP contribution in [-0.2, 0) is 16.6 Å². The number of pyridine rings is 1. The van der Waals surface area contributed by atoms with E-state index in [0.29, 0.717) is 12.2 Å². The average Bonchev–Trinajstić information content (AvgIpc) is 3.10. The fraction of sp³-hybridized carbons (Fsp3) is 0.167. The summed E-state index contributed by atoms with van der Waals surface area (Å²) in [5, 5.41) is 0.872. The minimum atomic E-state index is -4.01. The number of aryl methyl sites for hydroxylation is 3. The van der Waals surface area contributed by atoms with Gasteiger partial charge in [-0.15, -0.1) is 0 Å². The van der Waals surface area contributed by atoms with Crippen molar-refractivity contribution < 1.29 is 13.2 Å². The molecule has 0 radical (unpaired) electrons. The SMILES string of the molecule is Cc1cc(C)c(Cn2c(C(=O)NS(=O)(=O)c3ccncc3)cc3ccccc32)c(C)c1. The van der Waals surface area contributed by atoms with Crippen molar-refractivity contribution in [1.29, 1.82) is 0 Å². The lowest BCUT2D eigenvalue weighted by Crippen LogP contribution is -2.32. The third-order valence-corrected chi connectivity index (χ3v) is 6.73. The first-order chi connectivity index (χ1) is 14.8. The summed E-state index contributed by atoms with van der Waals surface area (Å²) in [6, 6.07) is 16.3. The van der Waals surface area contributed by atoms with E-state index in [-0.39, 0.29) is 4.90 Å².